The Morgan fingerprint density at radius 2 is 1.94 bits per heavy atom. The summed E-state index contributed by atoms with van der Waals surface area (Å²) in [5.41, 5.74) is 0.669. The van der Waals surface area contributed by atoms with Gasteiger partial charge in [-0.25, -0.2) is 0 Å². The number of likely N-dealkylation sites (tertiary alicyclic amines) is 1. The van der Waals surface area contributed by atoms with Crippen LogP contribution in [-0.2, 0) is 0 Å². The predicted octanol–water partition coefficient (Wildman–Crippen LogP) is 2.75. The van der Waals surface area contributed by atoms with E-state index >= 15 is 0 Å². The van der Waals surface area contributed by atoms with Crippen molar-refractivity contribution in [2.75, 3.05) is 26.2 Å². The van der Waals surface area contributed by atoms with Crippen molar-refractivity contribution in [2.45, 2.75) is 25.7 Å². The minimum absolute atomic E-state index is 0.669. The molecule has 1 aromatic carbocycles. The van der Waals surface area contributed by atoms with Crippen LogP contribution in [0.15, 0.2) is 24.3 Å². The van der Waals surface area contributed by atoms with E-state index in [0.717, 1.165) is 18.6 Å². The van der Waals surface area contributed by atoms with Crippen LogP contribution in [0.2, 0.25) is 0 Å². The lowest BCUT2D eigenvalue weighted by molar-refractivity contribution is 0.112. The fraction of sp³-hybridized carbons (Fsp3) is 0.533. The highest BCUT2D eigenvalue weighted by molar-refractivity contribution is 5.75. The molecule has 1 aliphatic heterocycles. The lowest BCUT2D eigenvalue weighted by Gasteiger charge is -2.19. The Bertz CT molecular complexity index is 371. The summed E-state index contributed by atoms with van der Waals surface area (Å²) in [5, 5.41) is 0. The molecule has 1 aromatic rings. The van der Waals surface area contributed by atoms with E-state index in [0.29, 0.717) is 12.2 Å². The lowest BCUT2D eigenvalue weighted by Crippen LogP contribution is -2.29. The zero-order chi connectivity index (χ0) is 12.6. The predicted molar refractivity (Wildman–Crippen MR) is 72.2 cm³/mol. The Balaban J connectivity index is 1.75. The monoisotopic (exact) mass is 247 g/mol. The summed E-state index contributed by atoms with van der Waals surface area (Å²) in [7, 11) is 0. The van der Waals surface area contributed by atoms with Crippen LogP contribution in [0.25, 0.3) is 0 Å². The maximum absolute atomic E-state index is 10.7. The van der Waals surface area contributed by atoms with Gasteiger partial charge in [0.25, 0.3) is 0 Å². The maximum atomic E-state index is 10.7. The highest BCUT2D eigenvalue weighted by Gasteiger charge is 2.08. The minimum Gasteiger partial charge on any atom is -0.492 e. The van der Waals surface area contributed by atoms with Gasteiger partial charge in [-0.3, -0.25) is 9.69 Å². The Kier molecular flexibility index (Phi) is 5.21. The van der Waals surface area contributed by atoms with Crippen LogP contribution in [0.1, 0.15) is 36.0 Å². The van der Waals surface area contributed by atoms with Crippen molar-refractivity contribution in [2.24, 2.45) is 0 Å². The fourth-order valence-electron chi connectivity index (χ4n) is 2.33. The van der Waals surface area contributed by atoms with Crippen molar-refractivity contribution in [1.29, 1.82) is 0 Å². The summed E-state index contributed by atoms with van der Waals surface area (Å²) in [6, 6.07) is 7.32. The van der Waals surface area contributed by atoms with E-state index in [2.05, 4.69) is 4.90 Å². The van der Waals surface area contributed by atoms with Gasteiger partial charge in [0.2, 0.25) is 0 Å². The van der Waals surface area contributed by atoms with E-state index < -0.39 is 0 Å². The van der Waals surface area contributed by atoms with Crippen LogP contribution in [0.4, 0.5) is 0 Å². The van der Waals surface area contributed by atoms with Crippen molar-refractivity contribution >= 4 is 6.29 Å². The van der Waals surface area contributed by atoms with Crippen molar-refractivity contribution in [3.8, 4) is 5.75 Å². The molecular formula is C15H21NO2. The molecule has 3 nitrogen and oxygen atoms in total. The van der Waals surface area contributed by atoms with Gasteiger partial charge in [0.1, 0.15) is 18.6 Å². The molecule has 0 amide bonds. The molecule has 1 fully saturated rings. The first-order valence-corrected chi connectivity index (χ1v) is 6.79. The van der Waals surface area contributed by atoms with Crippen LogP contribution in [-0.4, -0.2) is 37.4 Å². The molecule has 0 spiro atoms. The summed E-state index contributed by atoms with van der Waals surface area (Å²) in [6.45, 7) is 4.06. The quantitative estimate of drug-likeness (QED) is 0.749. The molecule has 0 aromatic heterocycles. The third-order valence-corrected chi connectivity index (χ3v) is 3.37. The largest absolute Gasteiger partial charge is 0.492 e. The molecule has 98 valence electrons. The topological polar surface area (TPSA) is 29.5 Å². The second-order valence-electron chi connectivity index (χ2n) is 4.79. The molecule has 2 rings (SSSR count). The summed E-state index contributed by atoms with van der Waals surface area (Å²) in [5.74, 6) is 0.787. The molecule has 3 heteroatoms. The number of nitrogens with zero attached hydrogens (tertiary/aromatic N) is 1. The number of hydrogen-bond donors (Lipinski definition) is 0. The van der Waals surface area contributed by atoms with Crippen LogP contribution >= 0.6 is 0 Å². The summed E-state index contributed by atoms with van der Waals surface area (Å²) in [4.78, 5) is 13.1. The van der Waals surface area contributed by atoms with Gasteiger partial charge in [0.15, 0.2) is 0 Å². The second-order valence-corrected chi connectivity index (χ2v) is 4.79. The van der Waals surface area contributed by atoms with Crippen molar-refractivity contribution < 1.29 is 9.53 Å². The smallest absolute Gasteiger partial charge is 0.150 e. The van der Waals surface area contributed by atoms with Gasteiger partial charge >= 0.3 is 0 Å². The zero-order valence-electron chi connectivity index (χ0n) is 10.8. The third kappa shape index (κ3) is 4.15. The van der Waals surface area contributed by atoms with E-state index in [9.17, 15) is 4.79 Å². The van der Waals surface area contributed by atoms with Gasteiger partial charge in [-0.1, -0.05) is 25.0 Å². The first-order chi connectivity index (χ1) is 8.88. The first-order valence-electron chi connectivity index (χ1n) is 6.79. The van der Waals surface area contributed by atoms with Crippen LogP contribution in [0.3, 0.4) is 0 Å². The van der Waals surface area contributed by atoms with Crippen molar-refractivity contribution in [1.82, 2.24) is 4.90 Å². The van der Waals surface area contributed by atoms with Crippen LogP contribution in [0, 0.1) is 0 Å². The van der Waals surface area contributed by atoms with Gasteiger partial charge in [0.05, 0.1) is 0 Å². The number of carbonyl (C=O) groups is 1. The van der Waals surface area contributed by atoms with E-state index in [1.54, 1.807) is 12.1 Å². The SMILES string of the molecule is O=Cc1cccc(OCCN2CCCCCC2)c1. The van der Waals surface area contributed by atoms with Crippen LogP contribution < -0.4 is 4.74 Å². The van der Waals surface area contributed by atoms with Gasteiger partial charge < -0.3 is 4.74 Å². The Hall–Kier alpha value is -1.35. The molecular weight excluding hydrogens is 226 g/mol. The number of rotatable bonds is 5. The fourth-order valence-corrected chi connectivity index (χ4v) is 2.33. The zero-order valence-corrected chi connectivity index (χ0v) is 10.8. The molecule has 0 radical (unpaired) electrons. The molecule has 0 unspecified atom stereocenters. The first kappa shape index (κ1) is 13.1. The average Bonchev–Trinajstić information content (AvgIpc) is 2.68. The normalized spacial score (nSPS) is 17.1. The average molecular weight is 247 g/mol. The van der Waals surface area contributed by atoms with Gasteiger partial charge in [0, 0.05) is 12.1 Å². The van der Waals surface area contributed by atoms with Gasteiger partial charge in [-0.15, -0.1) is 0 Å². The molecule has 0 N–H and O–H groups in total. The van der Waals surface area contributed by atoms with Gasteiger partial charge in [-0.05, 0) is 38.1 Å². The second kappa shape index (κ2) is 7.17. The molecule has 0 bridgehead atoms. The highest BCUT2D eigenvalue weighted by Crippen LogP contribution is 2.13. The molecule has 1 aliphatic rings. The van der Waals surface area contributed by atoms with Crippen molar-refractivity contribution in [3.05, 3.63) is 29.8 Å². The molecule has 0 atom stereocenters. The standard InChI is InChI=1S/C15H21NO2/c17-13-14-6-5-7-15(12-14)18-11-10-16-8-3-1-2-4-9-16/h5-7,12-13H,1-4,8-11H2. The van der Waals surface area contributed by atoms with E-state index in [-0.39, 0.29) is 0 Å². The number of carbonyl (C=O) groups excluding carboxylic acids is 1. The van der Waals surface area contributed by atoms with E-state index in [1.807, 2.05) is 12.1 Å². The molecule has 18 heavy (non-hydrogen) atoms. The minimum atomic E-state index is 0.669. The highest BCUT2D eigenvalue weighted by atomic mass is 16.5. The number of aldehydes is 1. The molecule has 1 heterocycles. The molecule has 1 saturated heterocycles. The third-order valence-electron chi connectivity index (χ3n) is 3.37. The van der Waals surface area contributed by atoms with Crippen LogP contribution in [0.5, 0.6) is 5.75 Å². The lowest BCUT2D eigenvalue weighted by atomic mass is 10.2. The number of benzene rings is 1. The summed E-state index contributed by atoms with van der Waals surface area (Å²) >= 11 is 0. The number of hydrogen-bond acceptors (Lipinski definition) is 3. The number of ether oxygens (including phenoxy) is 1. The summed E-state index contributed by atoms with van der Waals surface area (Å²) < 4.78 is 5.69. The van der Waals surface area contributed by atoms with E-state index in [4.69, 9.17) is 4.74 Å². The Morgan fingerprint density at radius 3 is 2.67 bits per heavy atom. The van der Waals surface area contributed by atoms with Gasteiger partial charge in [-0.2, -0.15) is 0 Å². The maximum Gasteiger partial charge on any atom is 0.150 e. The Morgan fingerprint density at radius 1 is 1.17 bits per heavy atom. The summed E-state index contributed by atoms with van der Waals surface area (Å²) in [6.07, 6.45) is 6.18. The molecule has 0 aliphatic carbocycles. The Labute approximate surface area is 109 Å². The molecule has 0 saturated carbocycles. The van der Waals surface area contributed by atoms with Crippen molar-refractivity contribution in [3.63, 3.8) is 0 Å². The van der Waals surface area contributed by atoms with E-state index in [1.165, 1.54) is 38.8 Å².